The number of anilines is 1. The molecule has 1 heterocycles. The summed E-state index contributed by atoms with van der Waals surface area (Å²) in [6, 6.07) is 24.5. The van der Waals surface area contributed by atoms with Gasteiger partial charge < -0.3 is 4.57 Å². The molecule has 0 aliphatic heterocycles. The minimum absolute atomic E-state index is 0.0986. The average molecular weight is 535 g/mol. The highest BCUT2D eigenvalue weighted by Crippen LogP contribution is 2.24. The van der Waals surface area contributed by atoms with E-state index in [0.717, 1.165) is 32.5 Å². The van der Waals surface area contributed by atoms with Crippen molar-refractivity contribution in [3.63, 3.8) is 0 Å². The number of sulfonamides is 1. The molecule has 0 saturated carbocycles. The van der Waals surface area contributed by atoms with E-state index in [4.69, 9.17) is 11.6 Å². The molecule has 4 rings (SSSR count). The van der Waals surface area contributed by atoms with Crippen molar-refractivity contribution in [1.82, 2.24) is 9.99 Å². The SMILES string of the molecule is Cc1ccc(N(CC(=O)N/N=C\c2cc(C)n(-c3ccc(Cl)cc3)c2C)S(=O)(=O)c2ccccc2)cc1. The molecule has 190 valence electrons. The molecule has 0 radical (unpaired) electrons. The molecular formula is C28H27ClN4O3S. The normalized spacial score (nSPS) is 11.6. The standard InChI is InChI=1S/C28H27ClN4O3S/c1-20-9-13-25(14-10-20)32(37(35,36)27-7-5-4-6-8-27)19-28(34)31-30-18-23-17-21(2)33(22(23)3)26-15-11-24(29)12-16-26/h4-18H,19H2,1-3H3,(H,31,34)/b30-18-. The molecule has 37 heavy (non-hydrogen) atoms. The van der Waals surface area contributed by atoms with Crippen LogP contribution in [-0.2, 0) is 14.8 Å². The van der Waals surface area contributed by atoms with Gasteiger partial charge in [-0.2, -0.15) is 5.10 Å². The molecule has 0 saturated heterocycles. The van der Waals surface area contributed by atoms with E-state index < -0.39 is 22.5 Å². The Morgan fingerprint density at radius 2 is 1.62 bits per heavy atom. The fourth-order valence-electron chi connectivity index (χ4n) is 3.99. The van der Waals surface area contributed by atoms with Gasteiger partial charge in [0.1, 0.15) is 6.54 Å². The first-order valence-corrected chi connectivity index (χ1v) is 13.4. The van der Waals surface area contributed by atoms with Crippen molar-refractivity contribution in [3.05, 3.63) is 112 Å². The average Bonchev–Trinajstić information content (AvgIpc) is 3.17. The number of amides is 1. The lowest BCUT2D eigenvalue weighted by atomic mass is 10.2. The largest absolute Gasteiger partial charge is 0.318 e. The van der Waals surface area contributed by atoms with E-state index in [2.05, 4.69) is 15.1 Å². The third-order valence-electron chi connectivity index (χ3n) is 5.89. The van der Waals surface area contributed by atoms with Crippen molar-refractivity contribution in [2.75, 3.05) is 10.8 Å². The predicted molar refractivity (Wildman–Crippen MR) is 148 cm³/mol. The maximum Gasteiger partial charge on any atom is 0.264 e. The van der Waals surface area contributed by atoms with Crippen molar-refractivity contribution in [2.24, 2.45) is 5.10 Å². The van der Waals surface area contributed by atoms with Crippen LogP contribution in [0, 0.1) is 20.8 Å². The molecule has 0 spiro atoms. The number of rotatable bonds is 8. The number of aryl methyl sites for hydroxylation is 2. The van der Waals surface area contributed by atoms with Gasteiger partial charge in [0.15, 0.2) is 0 Å². The summed E-state index contributed by atoms with van der Waals surface area (Å²) in [4.78, 5) is 12.9. The number of nitrogens with one attached hydrogen (secondary N) is 1. The number of hydrogen-bond donors (Lipinski definition) is 1. The summed E-state index contributed by atoms with van der Waals surface area (Å²) in [6.07, 6.45) is 1.55. The lowest BCUT2D eigenvalue weighted by Gasteiger charge is -2.23. The summed E-state index contributed by atoms with van der Waals surface area (Å²) in [5.74, 6) is -0.567. The Morgan fingerprint density at radius 3 is 2.27 bits per heavy atom. The number of carbonyl (C=O) groups is 1. The van der Waals surface area contributed by atoms with E-state index in [-0.39, 0.29) is 4.90 Å². The van der Waals surface area contributed by atoms with Crippen molar-refractivity contribution in [1.29, 1.82) is 0 Å². The molecule has 3 aromatic carbocycles. The Kier molecular flexibility index (Phi) is 7.80. The summed E-state index contributed by atoms with van der Waals surface area (Å²) in [5, 5.41) is 4.76. The van der Waals surface area contributed by atoms with Crippen LogP contribution < -0.4 is 9.73 Å². The molecule has 0 atom stereocenters. The molecule has 7 nitrogen and oxygen atoms in total. The lowest BCUT2D eigenvalue weighted by Crippen LogP contribution is -2.39. The number of hydrogen-bond acceptors (Lipinski definition) is 4. The number of benzene rings is 3. The molecule has 1 amide bonds. The molecule has 1 N–H and O–H groups in total. The highest BCUT2D eigenvalue weighted by Gasteiger charge is 2.27. The van der Waals surface area contributed by atoms with Gasteiger partial charge in [0.2, 0.25) is 0 Å². The smallest absolute Gasteiger partial charge is 0.264 e. The van der Waals surface area contributed by atoms with Crippen LogP contribution in [0.4, 0.5) is 5.69 Å². The lowest BCUT2D eigenvalue weighted by molar-refractivity contribution is -0.119. The van der Waals surface area contributed by atoms with Gasteiger partial charge in [0.25, 0.3) is 15.9 Å². The summed E-state index contributed by atoms with van der Waals surface area (Å²) in [6.45, 7) is 5.41. The highest BCUT2D eigenvalue weighted by atomic mass is 35.5. The minimum Gasteiger partial charge on any atom is -0.318 e. The zero-order valence-corrected chi connectivity index (χ0v) is 22.3. The topological polar surface area (TPSA) is 83.8 Å². The second kappa shape index (κ2) is 11.0. The Balaban J connectivity index is 1.53. The fraction of sp³-hybridized carbons (Fsp3) is 0.143. The summed E-state index contributed by atoms with van der Waals surface area (Å²) >= 11 is 6.02. The summed E-state index contributed by atoms with van der Waals surface area (Å²) < 4.78 is 29.9. The Bertz CT molecular complexity index is 1530. The van der Waals surface area contributed by atoms with Gasteiger partial charge in [-0.05, 0) is 75.4 Å². The summed E-state index contributed by atoms with van der Waals surface area (Å²) in [5.41, 5.74) is 7.54. The van der Waals surface area contributed by atoms with E-state index in [1.807, 2.05) is 51.1 Å². The molecule has 0 aliphatic rings. The van der Waals surface area contributed by atoms with Crippen LogP contribution in [0.1, 0.15) is 22.5 Å². The van der Waals surface area contributed by atoms with Crippen LogP contribution in [0.5, 0.6) is 0 Å². The molecule has 0 fully saturated rings. The van der Waals surface area contributed by atoms with Gasteiger partial charge in [-0.25, -0.2) is 13.8 Å². The highest BCUT2D eigenvalue weighted by molar-refractivity contribution is 7.92. The summed E-state index contributed by atoms with van der Waals surface area (Å²) in [7, 11) is -3.97. The van der Waals surface area contributed by atoms with Crippen LogP contribution in [0.3, 0.4) is 0 Å². The molecule has 0 unspecified atom stereocenters. The van der Waals surface area contributed by atoms with E-state index in [9.17, 15) is 13.2 Å². The molecular weight excluding hydrogens is 508 g/mol. The van der Waals surface area contributed by atoms with Crippen molar-refractivity contribution >= 4 is 39.4 Å². The third-order valence-corrected chi connectivity index (χ3v) is 7.93. The molecule has 1 aromatic heterocycles. The van der Waals surface area contributed by atoms with Gasteiger partial charge in [-0.1, -0.05) is 47.5 Å². The Morgan fingerprint density at radius 1 is 0.973 bits per heavy atom. The van der Waals surface area contributed by atoms with Crippen molar-refractivity contribution < 1.29 is 13.2 Å². The van der Waals surface area contributed by atoms with Crippen LogP contribution >= 0.6 is 11.6 Å². The zero-order valence-electron chi connectivity index (χ0n) is 20.7. The van der Waals surface area contributed by atoms with Crippen LogP contribution in [0.25, 0.3) is 5.69 Å². The first kappa shape index (κ1) is 26.2. The Hall–Kier alpha value is -3.88. The van der Waals surface area contributed by atoms with Crippen LogP contribution in [-0.4, -0.2) is 31.7 Å². The predicted octanol–water partition coefficient (Wildman–Crippen LogP) is 5.40. The third kappa shape index (κ3) is 5.93. The molecule has 0 aliphatic carbocycles. The van der Waals surface area contributed by atoms with Crippen LogP contribution in [0.15, 0.2) is 94.9 Å². The van der Waals surface area contributed by atoms with E-state index in [1.165, 1.54) is 12.1 Å². The second-order valence-electron chi connectivity index (χ2n) is 8.59. The van der Waals surface area contributed by atoms with Crippen molar-refractivity contribution in [3.8, 4) is 5.69 Å². The van der Waals surface area contributed by atoms with Crippen molar-refractivity contribution in [2.45, 2.75) is 25.7 Å². The monoisotopic (exact) mass is 534 g/mol. The minimum atomic E-state index is -3.97. The number of hydrazone groups is 1. The zero-order chi connectivity index (χ0) is 26.6. The van der Waals surface area contributed by atoms with E-state index >= 15 is 0 Å². The Labute approximate surface area is 222 Å². The first-order chi connectivity index (χ1) is 17.7. The van der Waals surface area contributed by atoms with Crippen LogP contribution in [0.2, 0.25) is 5.02 Å². The number of halogens is 1. The molecule has 0 bridgehead atoms. The number of carbonyl (C=O) groups excluding carboxylic acids is 1. The van der Waals surface area contributed by atoms with Gasteiger partial charge in [0, 0.05) is 27.7 Å². The quantitative estimate of drug-likeness (QED) is 0.242. The molecule has 4 aromatic rings. The van der Waals surface area contributed by atoms with Gasteiger partial charge in [-0.15, -0.1) is 0 Å². The maximum atomic E-state index is 13.4. The number of aromatic nitrogens is 1. The maximum absolute atomic E-state index is 13.4. The fourth-order valence-corrected chi connectivity index (χ4v) is 5.56. The van der Waals surface area contributed by atoms with Gasteiger partial charge in [0.05, 0.1) is 16.8 Å². The van der Waals surface area contributed by atoms with Gasteiger partial charge in [-0.3, -0.25) is 9.10 Å². The van der Waals surface area contributed by atoms with Gasteiger partial charge >= 0.3 is 0 Å². The molecule has 9 heteroatoms. The van der Waals surface area contributed by atoms with E-state index in [1.54, 1.807) is 48.7 Å². The second-order valence-corrected chi connectivity index (χ2v) is 10.9. The van der Waals surface area contributed by atoms with E-state index in [0.29, 0.717) is 10.7 Å². The number of nitrogens with zero attached hydrogens (tertiary/aromatic N) is 3. The first-order valence-electron chi connectivity index (χ1n) is 11.6.